The van der Waals surface area contributed by atoms with Crippen LogP contribution < -0.4 is 0 Å². The van der Waals surface area contributed by atoms with E-state index in [0.717, 1.165) is 0 Å². The molecule has 48 valence electrons. The van der Waals surface area contributed by atoms with Crippen LogP contribution in [0.5, 0.6) is 0 Å². The molecule has 0 saturated heterocycles. The van der Waals surface area contributed by atoms with Gasteiger partial charge in [0.2, 0.25) is 0 Å². The summed E-state index contributed by atoms with van der Waals surface area (Å²) in [6, 6.07) is 9.12. The van der Waals surface area contributed by atoms with Crippen LogP contribution >= 0.6 is 0 Å². The van der Waals surface area contributed by atoms with Crippen molar-refractivity contribution in [1.82, 2.24) is 0 Å². The van der Waals surface area contributed by atoms with Crippen molar-refractivity contribution in [3.63, 3.8) is 0 Å². The summed E-state index contributed by atoms with van der Waals surface area (Å²) in [4.78, 5) is 0. The molecule has 0 nitrogen and oxygen atoms in total. The van der Waals surface area contributed by atoms with Crippen molar-refractivity contribution in [3.05, 3.63) is 35.4 Å². The Labute approximate surface area is 70.5 Å². The van der Waals surface area contributed by atoms with Crippen LogP contribution in [-0.2, 0) is 21.1 Å². The van der Waals surface area contributed by atoms with Crippen LogP contribution in [0.2, 0.25) is 0 Å². The summed E-state index contributed by atoms with van der Waals surface area (Å²) in [6.45, 7) is 4.15. The van der Waals surface area contributed by atoms with Crippen molar-refractivity contribution >= 4 is 0 Å². The zero-order valence-electron chi connectivity index (χ0n) is 5.64. The van der Waals surface area contributed by atoms with Gasteiger partial charge in [-0.3, -0.25) is 0 Å². The van der Waals surface area contributed by atoms with Gasteiger partial charge in [-0.25, -0.2) is 0 Å². The van der Waals surface area contributed by atoms with E-state index in [1.165, 1.54) is 11.1 Å². The predicted octanol–water partition coefficient (Wildman–Crippen LogP) is 2.10. The summed E-state index contributed by atoms with van der Waals surface area (Å²) in [5.41, 5.74) is 2.56. The Hall–Kier alpha value is -0.0917. The summed E-state index contributed by atoms with van der Waals surface area (Å²) in [5, 5.41) is 0. The normalized spacial score (nSPS) is 8.22. The number of benzene rings is 1. The molecule has 0 aliphatic carbocycles. The number of hydrogen-bond acceptors (Lipinski definition) is 0. The summed E-state index contributed by atoms with van der Waals surface area (Å²) < 4.78 is 0. The average Bonchev–Trinajstić information content (AvgIpc) is 1.77. The first-order valence-corrected chi connectivity index (χ1v) is 2.74. The second-order valence-corrected chi connectivity index (χ2v) is 1.98. The van der Waals surface area contributed by atoms with Crippen molar-refractivity contribution < 1.29 is 21.1 Å². The average molecular weight is 289 g/mol. The molecule has 0 heterocycles. The van der Waals surface area contributed by atoms with Crippen molar-refractivity contribution in [3.8, 4) is 0 Å². The van der Waals surface area contributed by atoms with Crippen LogP contribution in [0.1, 0.15) is 11.1 Å². The molecule has 0 saturated carbocycles. The molecule has 0 aliphatic heterocycles. The summed E-state index contributed by atoms with van der Waals surface area (Å²) in [6.07, 6.45) is 0. The Morgan fingerprint density at radius 2 is 2.00 bits per heavy atom. The third-order valence-corrected chi connectivity index (χ3v) is 1.33. The van der Waals surface area contributed by atoms with Gasteiger partial charge in [0.05, 0.1) is 0 Å². The van der Waals surface area contributed by atoms with Gasteiger partial charge in [-0.05, 0) is 0 Å². The molecule has 0 atom stereocenters. The Morgan fingerprint density at radius 3 is 2.33 bits per heavy atom. The van der Waals surface area contributed by atoms with E-state index in [2.05, 4.69) is 26.0 Å². The fraction of sp³-hybridized carbons (Fsp3) is 0.250. The molecule has 0 radical (unpaired) electrons. The molecule has 0 unspecified atom stereocenters. The summed E-state index contributed by atoms with van der Waals surface area (Å²) in [5.74, 6) is 0. The van der Waals surface area contributed by atoms with Gasteiger partial charge in [0, 0.05) is 21.1 Å². The first kappa shape index (κ1) is 8.91. The minimum atomic E-state index is 0. The molecule has 0 N–H and O–H groups in total. The maximum atomic E-state index is 3.10. The molecule has 0 bridgehead atoms. The van der Waals surface area contributed by atoms with E-state index in [1.54, 1.807) is 0 Å². The zero-order valence-corrected chi connectivity index (χ0v) is 8.57. The van der Waals surface area contributed by atoms with E-state index in [0.29, 0.717) is 0 Å². The van der Waals surface area contributed by atoms with Crippen molar-refractivity contribution in [2.45, 2.75) is 13.8 Å². The van der Waals surface area contributed by atoms with Crippen molar-refractivity contribution in [2.75, 3.05) is 0 Å². The molecule has 9 heavy (non-hydrogen) atoms. The minimum Gasteiger partial charge on any atom is -0.180 e. The maximum Gasteiger partial charge on any atom is 0 e. The molecule has 1 rings (SSSR count). The van der Waals surface area contributed by atoms with Crippen LogP contribution in [0.25, 0.3) is 0 Å². The van der Waals surface area contributed by atoms with E-state index < -0.39 is 0 Å². The second kappa shape index (κ2) is 3.84. The molecule has 0 fully saturated rings. The summed E-state index contributed by atoms with van der Waals surface area (Å²) >= 11 is 0. The predicted molar refractivity (Wildman–Crippen MR) is 34.8 cm³/mol. The van der Waals surface area contributed by atoms with E-state index in [1.807, 2.05) is 12.1 Å². The quantitative estimate of drug-likeness (QED) is 0.642. The topological polar surface area (TPSA) is 0 Å². The van der Waals surface area contributed by atoms with Gasteiger partial charge >= 0.3 is 0 Å². The molecular weight excluding hydrogens is 280 g/mol. The molecule has 0 aliphatic rings. The molecular formula is C8H9W-. The van der Waals surface area contributed by atoms with Crippen LogP contribution in [0.3, 0.4) is 0 Å². The number of rotatable bonds is 0. The molecule has 1 aromatic carbocycles. The van der Waals surface area contributed by atoms with Crippen molar-refractivity contribution in [1.29, 1.82) is 0 Å². The van der Waals surface area contributed by atoms with Crippen LogP contribution in [-0.4, -0.2) is 0 Å². The van der Waals surface area contributed by atoms with Gasteiger partial charge in [0.15, 0.2) is 0 Å². The van der Waals surface area contributed by atoms with Gasteiger partial charge < -0.3 is 0 Å². The SMILES string of the molecule is Cc1[c-]cccc1C.[W]. The van der Waals surface area contributed by atoms with Gasteiger partial charge in [-0.15, -0.1) is 0 Å². The van der Waals surface area contributed by atoms with Gasteiger partial charge in [-0.1, -0.05) is 13.8 Å². The van der Waals surface area contributed by atoms with Crippen molar-refractivity contribution in [2.24, 2.45) is 0 Å². The fourth-order valence-electron chi connectivity index (χ4n) is 0.604. The van der Waals surface area contributed by atoms with E-state index in [4.69, 9.17) is 0 Å². The number of hydrogen-bond donors (Lipinski definition) is 0. The van der Waals surface area contributed by atoms with Gasteiger partial charge in [0.25, 0.3) is 0 Å². The fourth-order valence-corrected chi connectivity index (χ4v) is 0.604. The first-order valence-electron chi connectivity index (χ1n) is 2.74. The Bertz CT molecular complexity index is 161. The molecule has 0 spiro atoms. The van der Waals surface area contributed by atoms with E-state index >= 15 is 0 Å². The second-order valence-electron chi connectivity index (χ2n) is 1.98. The monoisotopic (exact) mass is 289 g/mol. The Kier molecular flexibility index (Phi) is 3.81. The van der Waals surface area contributed by atoms with E-state index in [-0.39, 0.29) is 21.1 Å². The van der Waals surface area contributed by atoms with Crippen LogP contribution in [0, 0.1) is 19.9 Å². The maximum absolute atomic E-state index is 3.10. The van der Waals surface area contributed by atoms with Gasteiger partial charge in [-0.2, -0.15) is 35.4 Å². The van der Waals surface area contributed by atoms with Crippen LogP contribution in [0.4, 0.5) is 0 Å². The number of aryl methyl sites for hydroxylation is 2. The third-order valence-electron chi connectivity index (χ3n) is 1.33. The first-order chi connectivity index (χ1) is 3.80. The van der Waals surface area contributed by atoms with Gasteiger partial charge in [0.1, 0.15) is 0 Å². The molecule has 1 heteroatoms. The third kappa shape index (κ3) is 2.32. The largest absolute Gasteiger partial charge is 0.180 e. The minimum absolute atomic E-state index is 0. The standard InChI is InChI=1S/C8H9.W/c1-7-5-3-4-6-8(7)2;/h3-5H,1-2H3;/q-1;. The Morgan fingerprint density at radius 1 is 1.33 bits per heavy atom. The zero-order chi connectivity index (χ0) is 5.98. The molecule has 0 aromatic heterocycles. The van der Waals surface area contributed by atoms with Crippen LogP contribution in [0.15, 0.2) is 18.2 Å². The smallest absolute Gasteiger partial charge is 0 e. The van der Waals surface area contributed by atoms with E-state index in [9.17, 15) is 0 Å². The summed E-state index contributed by atoms with van der Waals surface area (Å²) in [7, 11) is 0. The molecule has 0 amide bonds. The molecule has 1 aromatic rings. The Balaban J connectivity index is 0.000000640.